The quantitative estimate of drug-likeness (QED) is 0.902. The molecule has 0 amide bonds. The maximum absolute atomic E-state index is 9.25. The Morgan fingerprint density at radius 1 is 1.53 bits per heavy atom. The fraction of sp³-hybridized carbons (Fsp3) is 0.600. The molecule has 1 fully saturated rings. The summed E-state index contributed by atoms with van der Waals surface area (Å²) in [7, 11) is 0. The first kappa shape index (κ1) is 13.8. The third-order valence-corrected chi connectivity index (χ3v) is 4.08. The summed E-state index contributed by atoms with van der Waals surface area (Å²) in [6.45, 7) is 5.77. The summed E-state index contributed by atoms with van der Waals surface area (Å²) >= 11 is 0. The van der Waals surface area contributed by atoms with E-state index in [4.69, 9.17) is 5.73 Å². The van der Waals surface area contributed by atoms with Crippen molar-refractivity contribution in [1.29, 1.82) is 5.26 Å². The number of piperidine rings is 1. The zero-order valence-corrected chi connectivity index (χ0v) is 11.8. The smallest absolute Gasteiger partial charge is 0.147 e. The number of anilines is 1. The molecule has 1 saturated heterocycles. The van der Waals surface area contributed by atoms with Gasteiger partial charge >= 0.3 is 0 Å². The van der Waals surface area contributed by atoms with Gasteiger partial charge in [-0.25, -0.2) is 4.98 Å². The molecule has 19 heavy (non-hydrogen) atoms. The molecule has 2 heterocycles. The van der Waals surface area contributed by atoms with Crippen molar-refractivity contribution in [1.82, 2.24) is 4.98 Å². The van der Waals surface area contributed by atoms with E-state index < -0.39 is 0 Å². The van der Waals surface area contributed by atoms with Crippen LogP contribution in [0.15, 0.2) is 12.1 Å². The fourth-order valence-corrected chi connectivity index (χ4v) is 2.86. The lowest BCUT2D eigenvalue weighted by Gasteiger charge is -2.40. The van der Waals surface area contributed by atoms with Crippen molar-refractivity contribution in [3.63, 3.8) is 0 Å². The Bertz CT molecular complexity index is 478. The van der Waals surface area contributed by atoms with Gasteiger partial charge in [0.2, 0.25) is 0 Å². The predicted octanol–water partition coefficient (Wildman–Crippen LogP) is 2.22. The highest BCUT2D eigenvalue weighted by atomic mass is 15.2. The van der Waals surface area contributed by atoms with Crippen LogP contribution in [0.5, 0.6) is 0 Å². The van der Waals surface area contributed by atoms with Gasteiger partial charge in [-0.05, 0) is 37.8 Å². The van der Waals surface area contributed by atoms with Crippen LogP contribution in [-0.4, -0.2) is 24.1 Å². The SMILES string of the molecule is CCC1CCN(c2nc(C)ccc2C#N)C(CN)C1. The van der Waals surface area contributed by atoms with Gasteiger partial charge < -0.3 is 10.6 Å². The number of nitrogens with two attached hydrogens (primary N) is 1. The Morgan fingerprint density at radius 3 is 2.95 bits per heavy atom. The summed E-state index contributed by atoms with van der Waals surface area (Å²) in [4.78, 5) is 6.80. The zero-order valence-electron chi connectivity index (χ0n) is 11.8. The van der Waals surface area contributed by atoms with Gasteiger partial charge in [0.25, 0.3) is 0 Å². The summed E-state index contributed by atoms with van der Waals surface area (Å²) in [5, 5.41) is 9.25. The molecule has 102 valence electrons. The molecule has 0 saturated carbocycles. The van der Waals surface area contributed by atoms with Crippen LogP contribution >= 0.6 is 0 Å². The number of hydrogen-bond acceptors (Lipinski definition) is 4. The summed E-state index contributed by atoms with van der Waals surface area (Å²) < 4.78 is 0. The van der Waals surface area contributed by atoms with E-state index in [1.165, 1.54) is 6.42 Å². The molecular formula is C15H22N4. The first-order valence-electron chi connectivity index (χ1n) is 7.04. The van der Waals surface area contributed by atoms with Gasteiger partial charge in [0.15, 0.2) is 0 Å². The van der Waals surface area contributed by atoms with Crippen LogP contribution in [0.1, 0.15) is 37.4 Å². The Balaban J connectivity index is 2.30. The molecule has 0 aromatic carbocycles. The van der Waals surface area contributed by atoms with E-state index in [1.807, 2.05) is 19.1 Å². The molecule has 1 aliphatic heterocycles. The summed E-state index contributed by atoms with van der Waals surface area (Å²) in [6, 6.07) is 6.30. The van der Waals surface area contributed by atoms with Gasteiger partial charge in [0.05, 0.1) is 5.56 Å². The van der Waals surface area contributed by atoms with E-state index in [1.54, 1.807) is 0 Å². The van der Waals surface area contributed by atoms with E-state index in [0.717, 1.165) is 36.8 Å². The van der Waals surface area contributed by atoms with Crippen LogP contribution < -0.4 is 10.6 Å². The molecule has 1 aromatic heterocycles. The monoisotopic (exact) mass is 258 g/mol. The average Bonchev–Trinajstić information content (AvgIpc) is 2.46. The van der Waals surface area contributed by atoms with Crippen molar-refractivity contribution in [2.45, 2.75) is 39.2 Å². The van der Waals surface area contributed by atoms with Crippen LogP contribution in [0.3, 0.4) is 0 Å². The molecule has 0 spiro atoms. The lowest BCUT2D eigenvalue weighted by molar-refractivity contribution is 0.334. The van der Waals surface area contributed by atoms with Crippen LogP contribution in [0, 0.1) is 24.2 Å². The second-order valence-electron chi connectivity index (χ2n) is 5.32. The summed E-state index contributed by atoms with van der Waals surface area (Å²) in [6.07, 6.45) is 3.47. The van der Waals surface area contributed by atoms with Crippen molar-refractivity contribution in [3.8, 4) is 6.07 Å². The predicted molar refractivity (Wildman–Crippen MR) is 76.9 cm³/mol. The topological polar surface area (TPSA) is 65.9 Å². The Kier molecular flexibility index (Phi) is 4.39. The Hall–Kier alpha value is -1.60. The molecule has 4 heteroatoms. The largest absolute Gasteiger partial charge is 0.351 e. The molecule has 2 atom stereocenters. The van der Waals surface area contributed by atoms with Crippen LogP contribution in [0.4, 0.5) is 5.82 Å². The lowest BCUT2D eigenvalue weighted by Crippen LogP contribution is -2.47. The van der Waals surface area contributed by atoms with Crippen molar-refractivity contribution in [2.24, 2.45) is 11.7 Å². The van der Waals surface area contributed by atoms with Crippen molar-refractivity contribution >= 4 is 5.82 Å². The first-order chi connectivity index (χ1) is 9.19. The van der Waals surface area contributed by atoms with Crippen LogP contribution in [-0.2, 0) is 0 Å². The third kappa shape index (κ3) is 2.87. The molecule has 4 nitrogen and oxygen atoms in total. The second-order valence-corrected chi connectivity index (χ2v) is 5.32. The Labute approximate surface area is 115 Å². The average molecular weight is 258 g/mol. The van der Waals surface area contributed by atoms with Crippen LogP contribution in [0.25, 0.3) is 0 Å². The first-order valence-corrected chi connectivity index (χ1v) is 7.04. The highest BCUT2D eigenvalue weighted by Crippen LogP contribution is 2.30. The zero-order chi connectivity index (χ0) is 13.8. The standard InChI is InChI=1S/C15H22N4/c1-3-12-6-7-19(14(8-12)10-17)15-13(9-16)5-4-11(2)18-15/h4-5,12,14H,3,6-8,10,17H2,1-2H3. The minimum Gasteiger partial charge on any atom is -0.351 e. The van der Waals surface area contributed by atoms with Crippen molar-refractivity contribution in [3.05, 3.63) is 23.4 Å². The van der Waals surface area contributed by atoms with E-state index in [9.17, 15) is 5.26 Å². The molecule has 0 aliphatic carbocycles. The maximum Gasteiger partial charge on any atom is 0.147 e. The lowest BCUT2D eigenvalue weighted by atomic mass is 9.88. The fourth-order valence-electron chi connectivity index (χ4n) is 2.86. The maximum atomic E-state index is 9.25. The normalized spacial score (nSPS) is 23.2. The van der Waals surface area contributed by atoms with Gasteiger partial charge in [-0.3, -0.25) is 0 Å². The molecule has 0 bridgehead atoms. The van der Waals surface area contributed by atoms with Gasteiger partial charge in [-0.1, -0.05) is 13.3 Å². The van der Waals surface area contributed by atoms with E-state index in [2.05, 4.69) is 22.9 Å². The molecule has 2 unspecified atom stereocenters. The number of pyridine rings is 1. The molecular weight excluding hydrogens is 236 g/mol. The van der Waals surface area contributed by atoms with Gasteiger partial charge in [0.1, 0.15) is 11.9 Å². The van der Waals surface area contributed by atoms with Crippen molar-refractivity contribution in [2.75, 3.05) is 18.0 Å². The molecule has 2 N–H and O–H groups in total. The van der Waals surface area contributed by atoms with Gasteiger partial charge in [-0.2, -0.15) is 5.26 Å². The van der Waals surface area contributed by atoms with E-state index in [-0.39, 0.29) is 0 Å². The Morgan fingerprint density at radius 2 is 2.32 bits per heavy atom. The van der Waals surface area contributed by atoms with Crippen LogP contribution in [0.2, 0.25) is 0 Å². The molecule has 0 radical (unpaired) electrons. The number of nitriles is 1. The number of nitrogens with zero attached hydrogens (tertiary/aromatic N) is 3. The number of aromatic nitrogens is 1. The minimum atomic E-state index is 0.306. The molecule has 1 aliphatic rings. The second kappa shape index (κ2) is 6.03. The molecule has 1 aromatic rings. The highest BCUT2D eigenvalue weighted by molar-refractivity contribution is 5.55. The highest BCUT2D eigenvalue weighted by Gasteiger charge is 2.29. The number of aryl methyl sites for hydroxylation is 1. The number of rotatable bonds is 3. The summed E-state index contributed by atoms with van der Waals surface area (Å²) in [5.41, 5.74) is 7.52. The minimum absolute atomic E-state index is 0.306. The van der Waals surface area contributed by atoms with E-state index >= 15 is 0 Å². The van der Waals surface area contributed by atoms with E-state index in [0.29, 0.717) is 18.2 Å². The van der Waals surface area contributed by atoms with Gasteiger partial charge in [0, 0.05) is 24.8 Å². The summed E-state index contributed by atoms with van der Waals surface area (Å²) in [5.74, 6) is 1.56. The third-order valence-electron chi connectivity index (χ3n) is 4.08. The van der Waals surface area contributed by atoms with Gasteiger partial charge in [-0.15, -0.1) is 0 Å². The molecule has 2 rings (SSSR count). The number of hydrogen-bond donors (Lipinski definition) is 1. The van der Waals surface area contributed by atoms with Crippen molar-refractivity contribution < 1.29 is 0 Å².